The van der Waals surface area contributed by atoms with Crippen molar-refractivity contribution in [3.63, 3.8) is 0 Å². The Kier molecular flexibility index (Phi) is 4.45. The fourth-order valence-corrected chi connectivity index (χ4v) is 2.31. The molecule has 2 heterocycles. The van der Waals surface area contributed by atoms with Crippen molar-refractivity contribution in [3.8, 4) is 0 Å². The number of alkyl halides is 1. The summed E-state index contributed by atoms with van der Waals surface area (Å²) in [6.45, 7) is 4.33. The smallest absolute Gasteiger partial charge is 0.289 e. The van der Waals surface area contributed by atoms with Crippen molar-refractivity contribution in [1.29, 1.82) is 0 Å². The van der Waals surface area contributed by atoms with E-state index in [2.05, 4.69) is 4.90 Å². The molecule has 4 nitrogen and oxygen atoms in total. The molecule has 0 saturated carbocycles. The molecule has 0 radical (unpaired) electrons. The van der Waals surface area contributed by atoms with Crippen LogP contribution in [-0.4, -0.2) is 54.3 Å². The minimum Gasteiger partial charge on any atom is -0.459 e. The summed E-state index contributed by atoms with van der Waals surface area (Å²) in [5.41, 5.74) is 0. The van der Waals surface area contributed by atoms with Crippen molar-refractivity contribution in [3.05, 3.63) is 24.2 Å². The van der Waals surface area contributed by atoms with E-state index in [1.165, 1.54) is 6.26 Å². The van der Waals surface area contributed by atoms with E-state index in [9.17, 15) is 4.79 Å². The van der Waals surface area contributed by atoms with Crippen molar-refractivity contribution in [2.45, 2.75) is 6.42 Å². The Bertz CT molecular complexity index is 353. The van der Waals surface area contributed by atoms with E-state index in [1.807, 2.05) is 4.90 Å². The van der Waals surface area contributed by atoms with Crippen LogP contribution in [0, 0.1) is 0 Å². The Morgan fingerprint density at radius 3 is 2.94 bits per heavy atom. The van der Waals surface area contributed by atoms with Crippen molar-refractivity contribution < 1.29 is 9.21 Å². The van der Waals surface area contributed by atoms with Gasteiger partial charge in [0, 0.05) is 32.1 Å². The normalized spacial score (nSPS) is 18.1. The van der Waals surface area contributed by atoms with Crippen LogP contribution in [0.3, 0.4) is 0 Å². The number of carbonyl (C=O) groups is 1. The molecule has 1 fully saturated rings. The highest BCUT2D eigenvalue weighted by atomic mass is 35.5. The largest absolute Gasteiger partial charge is 0.459 e. The Hall–Kier alpha value is -1.00. The van der Waals surface area contributed by atoms with Crippen LogP contribution < -0.4 is 0 Å². The minimum absolute atomic E-state index is 0.0114. The predicted octanol–water partition coefficient (Wildman–Crippen LogP) is 1.67. The van der Waals surface area contributed by atoms with Gasteiger partial charge in [0.25, 0.3) is 5.91 Å². The molecule has 94 valence electrons. The highest BCUT2D eigenvalue weighted by Gasteiger charge is 2.21. The van der Waals surface area contributed by atoms with Crippen LogP contribution in [-0.2, 0) is 0 Å². The molecule has 5 heteroatoms. The van der Waals surface area contributed by atoms with Crippen LogP contribution in [0.5, 0.6) is 0 Å². The summed E-state index contributed by atoms with van der Waals surface area (Å²) in [5.74, 6) is 1.06. The van der Waals surface area contributed by atoms with E-state index in [0.717, 1.165) is 39.1 Å². The quantitative estimate of drug-likeness (QED) is 0.772. The summed E-state index contributed by atoms with van der Waals surface area (Å²) >= 11 is 5.73. The highest BCUT2D eigenvalue weighted by molar-refractivity contribution is 6.18. The number of amides is 1. The molecule has 1 aliphatic rings. The molecule has 1 amide bonds. The molecule has 0 N–H and O–H groups in total. The number of carbonyl (C=O) groups excluding carboxylic acids is 1. The van der Waals surface area contributed by atoms with Gasteiger partial charge in [0.05, 0.1) is 6.26 Å². The molecular formula is C12H17ClN2O2. The summed E-state index contributed by atoms with van der Waals surface area (Å²) in [7, 11) is 0. The SMILES string of the molecule is O=C(c1ccco1)N1CCCN(CCCl)CC1. The van der Waals surface area contributed by atoms with Gasteiger partial charge in [-0.2, -0.15) is 0 Å². The number of furan rings is 1. The third-order valence-corrected chi connectivity index (χ3v) is 3.18. The van der Waals surface area contributed by atoms with Gasteiger partial charge in [-0.05, 0) is 25.1 Å². The standard InChI is InChI=1S/C12H17ClN2O2/c13-4-7-14-5-2-6-15(9-8-14)12(16)11-3-1-10-17-11/h1,3,10H,2,4-9H2. The minimum atomic E-state index is -0.0114. The molecule has 17 heavy (non-hydrogen) atoms. The first-order valence-corrected chi connectivity index (χ1v) is 6.46. The average molecular weight is 257 g/mol. The van der Waals surface area contributed by atoms with Gasteiger partial charge in [-0.15, -0.1) is 11.6 Å². The number of hydrogen-bond acceptors (Lipinski definition) is 3. The van der Waals surface area contributed by atoms with Gasteiger partial charge in [0.15, 0.2) is 5.76 Å². The topological polar surface area (TPSA) is 36.7 Å². The molecule has 0 aromatic carbocycles. The Balaban J connectivity index is 1.92. The van der Waals surface area contributed by atoms with E-state index in [-0.39, 0.29) is 5.91 Å². The number of rotatable bonds is 3. The van der Waals surface area contributed by atoms with Gasteiger partial charge >= 0.3 is 0 Å². The highest BCUT2D eigenvalue weighted by Crippen LogP contribution is 2.09. The van der Waals surface area contributed by atoms with Gasteiger partial charge in [0.2, 0.25) is 0 Å². The van der Waals surface area contributed by atoms with E-state index >= 15 is 0 Å². The zero-order valence-corrected chi connectivity index (χ0v) is 10.5. The fourth-order valence-electron chi connectivity index (χ4n) is 2.07. The van der Waals surface area contributed by atoms with E-state index in [4.69, 9.17) is 16.0 Å². The van der Waals surface area contributed by atoms with E-state index in [0.29, 0.717) is 11.6 Å². The molecule has 1 aliphatic heterocycles. The fraction of sp³-hybridized carbons (Fsp3) is 0.583. The lowest BCUT2D eigenvalue weighted by Crippen LogP contribution is -2.35. The summed E-state index contributed by atoms with van der Waals surface area (Å²) in [4.78, 5) is 16.2. The van der Waals surface area contributed by atoms with Crippen LogP contribution in [0.4, 0.5) is 0 Å². The van der Waals surface area contributed by atoms with Gasteiger partial charge in [-0.1, -0.05) is 0 Å². The van der Waals surface area contributed by atoms with Crippen molar-refractivity contribution in [2.24, 2.45) is 0 Å². The molecule has 2 rings (SSSR count). The van der Waals surface area contributed by atoms with Crippen molar-refractivity contribution in [2.75, 3.05) is 38.6 Å². The molecule has 0 atom stereocenters. The maximum Gasteiger partial charge on any atom is 0.289 e. The predicted molar refractivity (Wildman–Crippen MR) is 66.4 cm³/mol. The monoisotopic (exact) mass is 256 g/mol. The molecule has 0 unspecified atom stereocenters. The summed E-state index contributed by atoms with van der Waals surface area (Å²) in [5, 5.41) is 0. The molecule has 0 spiro atoms. The number of hydrogen-bond donors (Lipinski definition) is 0. The second-order valence-electron chi connectivity index (χ2n) is 4.15. The lowest BCUT2D eigenvalue weighted by molar-refractivity contribution is 0.0730. The summed E-state index contributed by atoms with van der Waals surface area (Å²) in [6.07, 6.45) is 2.52. The molecular weight excluding hydrogens is 240 g/mol. The lowest BCUT2D eigenvalue weighted by Gasteiger charge is -2.20. The summed E-state index contributed by atoms with van der Waals surface area (Å²) < 4.78 is 5.14. The van der Waals surface area contributed by atoms with Crippen LogP contribution in [0.2, 0.25) is 0 Å². The number of halogens is 1. The maximum absolute atomic E-state index is 12.1. The van der Waals surface area contributed by atoms with Gasteiger partial charge in [-0.3, -0.25) is 4.79 Å². The van der Waals surface area contributed by atoms with Crippen molar-refractivity contribution in [1.82, 2.24) is 9.80 Å². The van der Waals surface area contributed by atoms with E-state index < -0.39 is 0 Å². The van der Waals surface area contributed by atoms with Gasteiger partial charge in [0.1, 0.15) is 0 Å². The van der Waals surface area contributed by atoms with Crippen molar-refractivity contribution >= 4 is 17.5 Å². The summed E-state index contributed by atoms with van der Waals surface area (Å²) in [6, 6.07) is 3.45. The molecule has 1 aromatic heterocycles. The second kappa shape index (κ2) is 6.07. The molecule has 1 saturated heterocycles. The van der Waals surface area contributed by atoms with Crippen LogP contribution in [0.15, 0.2) is 22.8 Å². The zero-order valence-electron chi connectivity index (χ0n) is 9.77. The van der Waals surface area contributed by atoms with Gasteiger partial charge in [-0.25, -0.2) is 0 Å². The second-order valence-corrected chi connectivity index (χ2v) is 4.53. The third kappa shape index (κ3) is 3.23. The average Bonchev–Trinajstić information content (AvgIpc) is 2.76. The first-order valence-electron chi connectivity index (χ1n) is 5.92. The first kappa shape index (κ1) is 12.5. The lowest BCUT2D eigenvalue weighted by atomic mass is 10.3. The first-order chi connectivity index (χ1) is 8.31. The Morgan fingerprint density at radius 2 is 2.24 bits per heavy atom. The maximum atomic E-state index is 12.1. The molecule has 0 bridgehead atoms. The Labute approximate surface area is 106 Å². The van der Waals surface area contributed by atoms with Gasteiger partial charge < -0.3 is 14.2 Å². The van der Waals surface area contributed by atoms with Crippen LogP contribution in [0.25, 0.3) is 0 Å². The van der Waals surface area contributed by atoms with Crippen LogP contribution >= 0.6 is 11.6 Å². The number of nitrogens with zero attached hydrogens (tertiary/aromatic N) is 2. The van der Waals surface area contributed by atoms with Crippen LogP contribution in [0.1, 0.15) is 17.0 Å². The molecule has 1 aromatic rings. The zero-order chi connectivity index (χ0) is 12.1. The van der Waals surface area contributed by atoms with E-state index in [1.54, 1.807) is 12.1 Å². The molecule has 0 aliphatic carbocycles. The third-order valence-electron chi connectivity index (χ3n) is 3.01. The Morgan fingerprint density at radius 1 is 1.35 bits per heavy atom.